The number of nitrogens with one attached hydrogen (secondary N) is 1. The Labute approximate surface area is 137 Å². The minimum absolute atomic E-state index is 0.290. The first-order valence-corrected chi connectivity index (χ1v) is 8.14. The molecule has 0 fully saturated rings. The summed E-state index contributed by atoms with van der Waals surface area (Å²) in [5, 5.41) is 3.62. The van der Waals surface area contributed by atoms with Crippen molar-refractivity contribution in [1.29, 1.82) is 0 Å². The summed E-state index contributed by atoms with van der Waals surface area (Å²) < 4.78 is 17.5. The summed E-state index contributed by atoms with van der Waals surface area (Å²) in [4.78, 5) is 0. The van der Waals surface area contributed by atoms with Crippen LogP contribution in [0, 0.1) is 0 Å². The molecule has 1 N–H and O–H groups in total. The number of benzene rings is 2. The van der Waals surface area contributed by atoms with Gasteiger partial charge in [-0.1, -0.05) is 18.2 Å². The number of halogens is 1. The second-order valence-electron chi connectivity index (χ2n) is 5.42. The molecule has 1 atom stereocenters. The lowest BCUT2D eigenvalue weighted by Crippen LogP contribution is -2.26. The van der Waals surface area contributed by atoms with Gasteiger partial charge in [0.05, 0.1) is 11.1 Å². The fraction of sp³-hybridized carbons (Fsp3) is 0.294. The molecule has 2 aliphatic heterocycles. The molecule has 2 aliphatic rings. The van der Waals surface area contributed by atoms with Crippen LogP contribution in [-0.2, 0) is 6.54 Å². The van der Waals surface area contributed by atoms with E-state index < -0.39 is 0 Å². The van der Waals surface area contributed by atoms with Crippen LogP contribution in [0.25, 0.3) is 0 Å². The van der Waals surface area contributed by atoms with E-state index in [0.717, 1.165) is 41.3 Å². The predicted molar refractivity (Wildman–Crippen MR) is 86.4 cm³/mol. The molecule has 114 valence electrons. The zero-order chi connectivity index (χ0) is 14.9. The van der Waals surface area contributed by atoms with Crippen molar-refractivity contribution in [3.63, 3.8) is 0 Å². The lowest BCUT2D eigenvalue weighted by Gasteiger charge is -2.26. The van der Waals surface area contributed by atoms with E-state index in [9.17, 15) is 0 Å². The number of hydrogen-bond donors (Lipinski definition) is 1. The van der Waals surface area contributed by atoms with E-state index >= 15 is 0 Å². The monoisotopic (exact) mass is 361 g/mol. The van der Waals surface area contributed by atoms with Crippen molar-refractivity contribution in [3.05, 3.63) is 52.0 Å². The van der Waals surface area contributed by atoms with E-state index in [4.69, 9.17) is 14.2 Å². The second-order valence-corrected chi connectivity index (χ2v) is 6.27. The molecule has 0 spiro atoms. The van der Waals surface area contributed by atoms with Crippen LogP contribution < -0.4 is 19.5 Å². The number of rotatable bonds is 3. The van der Waals surface area contributed by atoms with E-state index in [1.165, 1.54) is 11.1 Å². The third-order valence-electron chi connectivity index (χ3n) is 4.00. The van der Waals surface area contributed by atoms with Crippen LogP contribution >= 0.6 is 15.9 Å². The van der Waals surface area contributed by atoms with Gasteiger partial charge in [-0.15, -0.1) is 0 Å². The van der Waals surface area contributed by atoms with Crippen molar-refractivity contribution in [1.82, 2.24) is 5.32 Å². The Morgan fingerprint density at radius 2 is 2.00 bits per heavy atom. The van der Waals surface area contributed by atoms with Gasteiger partial charge in [0.2, 0.25) is 6.79 Å². The van der Waals surface area contributed by atoms with Gasteiger partial charge in [-0.25, -0.2) is 0 Å². The normalized spacial score (nSPS) is 18.7. The molecule has 0 saturated heterocycles. The highest BCUT2D eigenvalue weighted by atomic mass is 79.9. The molecule has 0 radical (unpaired) electrons. The molecular formula is C17H16BrNO3. The van der Waals surface area contributed by atoms with Gasteiger partial charge in [-0.2, -0.15) is 0 Å². The van der Waals surface area contributed by atoms with E-state index in [1.807, 2.05) is 18.2 Å². The highest BCUT2D eigenvalue weighted by Crippen LogP contribution is 2.40. The highest BCUT2D eigenvalue weighted by Gasteiger charge is 2.22. The Balaban J connectivity index is 1.51. The van der Waals surface area contributed by atoms with Crippen molar-refractivity contribution >= 4 is 15.9 Å². The van der Waals surface area contributed by atoms with Crippen LogP contribution in [-0.4, -0.2) is 13.4 Å². The molecule has 0 aromatic heterocycles. The summed E-state index contributed by atoms with van der Waals surface area (Å²) >= 11 is 3.54. The van der Waals surface area contributed by atoms with Gasteiger partial charge >= 0.3 is 0 Å². The largest absolute Gasteiger partial charge is 0.493 e. The smallest absolute Gasteiger partial charge is 0.231 e. The Morgan fingerprint density at radius 3 is 2.95 bits per heavy atom. The molecule has 4 rings (SSSR count). The topological polar surface area (TPSA) is 39.7 Å². The number of hydrogen-bond acceptors (Lipinski definition) is 4. The molecule has 2 aromatic rings. The quantitative estimate of drug-likeness (QED) is 0.902. The van der Waals surface area contributed by atoms with Gasteiger partial charge in [0, 0.05) is 24.6 Å². The highest BCUT2D eigenvalue weighted by molar-refractivity contribution is 9.10. The number of para-hydroxylation sites is 1. The maximum Gasteiger partial charge on any atom is 0.231 e. The van der Waals surface area contributed by atoms with Gasteiger partial charge in [-0.05, 0) is 39.7 Å². The van der Waals surface area contributed by atoms with Crippen LogP contribution in [0.3, 0.4) is 0 Å². The van der Waals surface area contributed by atoms with Crippen LogP contribution in [0.4, 0.5) is 0 Å². The predicted octanol–water partition coefficient (Wildman–Crippen LogP) is 3.79. The van der Waals surface area contributed by atoms with E-state index in [1.54, 1.807) is 0 Å². The fourth-order valence-corrected chi connectivity index (χ4v) is 3.52. The first-order valence-electron chi connectivity index (χ1n) is 7.34. The minimum atomic E-state index is 0.290. The first kappa shape index (κ1) is 13.9. The van der Waals surface area contributed by atoms with E-state index in [0.29, 0.717) is 6.04 Å². The lowest BCUT2D eigenvalue weighted by molar-refractivity contribution is 0.173. The molecule has 22 heavy (non-hydrogen) atoms. The Hall–Kier alpha value is -1.72. The van der Waals surface area contributed by atoms with Crippen molar-refractivity contribution in [2.45, 2.75) is 19.0 Å². The van der Waals surface area contributed by atoms with Gasteiger partial charge in [-0.3, -0.25) is 0 Å². The van der Waals surface area contributed by atoms with Gasteiger partial charge in [0.25, 0.3) is 0 Å². The molecule has 0 aliphatic carbocycles. The minimum Gasteiger partial charge on any atom is -0.493 e. The summed E-state index contributed by atoms with van der Waals surface area (Å²) in [6.07, 6.45) is 0.975. The average molecular weight is 362 g/mol. The third-order valence-corrected chi connectivity index (χ3v) is 4.59. The lowest BCUT2D eigenvalue weighted by atomic mass is 10.0. The van der Waals surface area contributed by atoms with Crippen LogP contribution in [0.2, 0.25) is 0 Å². The van der Waals surface area contributed by atoms with E-state index in [-0.39, 0.29) is 6.79 Å². The van der Waals surface area contributed by atoms with E-state index in [2.05, 4.69) is 39.4 Å². The molecule has 0 bridgehead atoms. The zero-order valence-electron chi connectivity index (χ0n) is 12.0. The maximum atomic E-state index is 5.70. The maximum absolute atomic E-state index is 5.70. The summed E-state index contributed by atoms with van der Waals surface area (Å²) in [7, 11) is 0. The number of ether oxygens (including phenoxy) is 3. The van der Waals surface area contributed by atoms with Crippen LogP contribution in [0.15, 0.2) is 40.9 Å². The van der Waals surface area contributed by atoms with Crippen molar-refractivity contribution < 1.29 is 14.2 Å². The van der Waals surface area contributed by atoms with Gasteiger partial charge < -0.3 is 19.5 Å². The second kappa shape index (κ2) is 5.82. The van der Waals surface area contributed by atoms with Crippen molar-refractivity contribution in [3.8, 4) is 17.2 Å². The molecule has 0 amide bonds. The summed E-state index contributed by atoms with van der Waals surface area (Å²) in [6, 6.07) is 12.6. The van der Waals surface area contributed by atoms with Crippen LogP contribution in [0.5, 0.6) is 17.2 Å². The standard InChI is InChI=1S/C17H16BrNO3/c18-13-7-11(8-16-17(13)22-10-21-16)9-19-14-5-6-20-15-4-2-1-3-12(14)15/h1-4,7-8,14,19H,5-6,9-10H2. The third kappa shape index (κ3) is 2.55. The van der Waals surface area contributed by atoms with Gasteiger partial charge in [0.15, 0.2) is 11.5 Å². The summed E-state index contributed by atoms with van der Waals surface area (Å²) in [5.41, 5.74) is 2.40. The Morgan fingerprint density at radius 1 is 1.09 bits per heavy atom. The molecule has 2 aromatic carbocycles. The fourth-order valence-electron chi connectivity index (χ4n) is 2.92. The average Bonchev–Trinajstić information content (AvgIpc) is 3.02. The molecule has 4 nitrogen and oxygen atoms in total. The SMILES string of the molecule is Brc1cc(CNC2CCOc3ccccc32)cc2c1OCO2. The van der Waals surface area contributed by atoms with Crippen molar-refractivity contribution in [2.75, 3.05) is 13.4 Å². The van der Waals surface area contributed by atoms with Gasteiger partial charge in [0.1, 0.15) is 5.75 Å². The summed E-state index contributed by atoms with van der Waals surface area (Å²) in [6.45, 7) is 1.81. The molecule has 1 unspecified atom stereocenters. The Kier molecular flexibility index (Phi) is 3.68. The molecule has 5 heteroatoms. The van der Waals surface area contributed by atoms with Crippen LogP contribution in [0.1, 0.15) is 23.6 Å². The summed E-state index contributed by atoms with van der Waals surface area (Å²) in [5.74, 6) is 2.58. The molecule has 0 saturated carbocycles. The number of fused-ring (bicyclic) bond motifs is 2. The molecule has 2 heterocycles. The Bertz CT molecular complexity index is 704. The zero-order valence-corrected chi connectivity index (χ0v) is 13.6. The van der Waals surface area contributed by atoms with Crippen molar-refractivity contribution in [2.24, 2.45) is 0 Å². The molecular weight excluding hydrogens is 346 g/mol. The first-order chi connectivity index (χ1) is 10.8.